The molecule has 0 aliphatic heterocycles. The zero-order valence-corrected chi connectivity index (χ0v) is 10.9. The molecule has 0 aromatic heterocycles. The van der Waals surface area contributed by atoms with E-state index >= 15 is 0 Å². The van der Waals surface area contributed by atoms with Crippen molar-refractivity contribution in [2.24, 2.45) is 0 Å². The Hall–Kier alpha value is -0.340. The van der Waals surface area contributed by atoms with Crippen LogP contribution < -0.4 is 5.32 Å². The third-order valence-electron chi connectivity index (χ3n) is 2.10. The second kappa shape index (κ2) is 7.17. The van der Waals surface area contributed by atoms with E-state index in [9.17, 15) is 21.6 Å². The van der Waals surface area contributed by atoms with Gasteiger partial charge in [0.2, 0.25) is 0 Å². The van der Waals surface area contributed by atoms with Crippen molar-refractivity contribution < 1.29 is 21.6 Å². The van der Waals surface area contributed by atoms with Gasteiger partial charge in [-0.1, -0.05) is 6.92 Å². The van der Waals surface area contributed by atoms with Crippen LogP contribution in [-0.2, 0) is 9.84 Å². The minimum atomic E-state index is -4.19. The molecule has 0 amide bonds. The smallest absolute Gasteiger partial charge is 0.314 e. The first-order valence-corrected chi connectivity index (χ1v) is 7.37. The maximum Gasteiger partial charge on any atom is 0.401 e. The molecule has 0 aliphatic carbocycles. The fourth-order valence-electron chi connectivity index (χ4n) is 1.22. The Morgan fingerprint density at radius 2 is 1.82 bits per heavy atom. The van der Waals surface area contributed by atoms with E-state index in [1.54, 1.807) is 6.92 Å². The van der Waals surface area contributed by atoms with E-state index in [0.29, 0.717) is 13.1 Å². The van der Waals surface area contributed by atoms with E-state index in [1.165, 1.54) is 4.90 Å². The van der Waals surface area contributed by atoms with E-state index in [2.05, 4.69) is 5.32 Å². The molecule has 0 saturated carbocycles. The monoisotopic (exact) mass is 276 g/mol. The van der Waals surface area contributed by atoms with Crippen molar-refractivity contribution in [1.29, 1.82) is 0 Å². The first-order valence-electron chi connectivity index (χ1n) is 5.31. The van der Waals surface area contributed by atoms with Gasteiger partial charge in [-0.15, -0.1) is 0 Å². The summed E-state index contributed by atoms with van der Waals surface area (Å²) in [5.41, 5.74) is 0. The summed E-state index contributed by atoms with van der Waals surface area (Å²) in [6, 6.07) is 0. The molecule has 0 heterocycles. The highest BCUT2D eigenvalue weighted by Crippen LogP contribution is 2.15. The minimum Gasteiger partial charge on any atom is -0.314 e. The molecule has 17 heavy (non-hydrogen) atoms. The van der Waals surface area contributed by atoms with Crippen LogP contribution in [0.25, 0.3) is 0 Å². The van der Waals surface area contributed by atoms with Crippen LogP contribution in [0.4, 0.5) is 13.2 Å². The normalized spacial score (nSPS) is 13.3. The van der Waals surface area contributed by atoms with Gasteiger partial charge in [-0.25, -0.2) is 8.42 Å². The second-order valence-electron chi connectivity index (χ2n) is 3.86. The van der Waals surface area contributed by atoms with Crippen molar-refractivity contribution in [2.45, 2.75) is 13.1 Å². The van der Waals surface area contributed by atoms with Gasteiger partial charge in [0.05, 0.1) is 12.3 Å². The number of nitrogens with one attached hydrogen (secondary N) is 1. The van der Waals surface area contributed by atoms with Gasteiger partial charge in [-0.05, 0) is 6.54 Å². The number of alkyl halides is 3. The summed E-state index contributed by atoms with van der Waals surface area (Å²) in [5, 5.41) is 2.80. The third kappa shape index (κ3) is 11.9. The maximum atomic E-state index is 12.1. The largest absolute Gasteiger partial charge is 0.401 e. The van der Waals surface area contributed by atoms with Gasteiger partial charge < -0.3 is 5.32 Å². The van der Waals surface area contributed by atoms with Gasteiger partial charge in [0.1, 0.15) is 9.84 Å². The van der Waals surface area contributed by atoms with E-state index in [4.69, 9.17) is 0 Å². The van der Waals surface area contributed by atoms with Crippen LogP contribution in [0.1, 0.15) is 6.92 Å². The second-order valence-corrected chi connectivity index (χ2v) is 6.12. The van der Waals surface area contributed by atoms with Crippen LogP contribution in [-0.4, -0.2) is 64.2 Å². The lowest BCUT2D eigenvalue weighted by Crippen LogP contribution is -2.39. The molecule has 0 radical (unpaired) electrons. The van der Waals surface area contributed by atoms with Gasteiger partial charge in [0.15, 0.2) is 0 Å². The van der Waals surface area contributed by atoms with Crippen molar-refractivity contribution in [1.82, 2.24) is 10.2 Å². The Morgan fingerprint density at radius 3 is 2.24 bits per heavy atom. The van der Waals surface area contributed by atoms with Crippen molar-refractivity contribution in [2.75, 3.05) is 44.7 Å². The van der Waals surface area contributed by atoms with Crippen LogP contribution in [0.15, 0.2) is 0 Å². The molecule has 0 aromatic carbocycles. The van der Waals surface area contributed by atoms with Gasteiger partial charge >= 0.3 is 6.18 Å². The van der Waals surface area contributed by atoms with Crippen LogP contribution in [0.5, 0.6) is 0 Å². The number of sulfone groups is 1. The van der Waals surface area contributed by atoms with Crippen molar-refractivity contribution in [3.05, 3.63) is 0 Å². The summed E-state index contributed by atoms with van der Waals surface area (Å²) in [6.45, 7) is 1.90. The highest BCUT2D eigenvalue weighted by molar-refractivity contribution is 7.90. The number of hydrogen-bond donors (Lipinski definition) is 1. The molecule has 0 aromatic rings. The molecule has 104 valence electrons. The molecule has 0 aliphatic rings. The molecule has 1 N–H and O–H groups in total. The summed E-state index contributed by atoms with van der Waals surface area (Å²) in [5.74, 6) is -0.00159. The fourth-order valence-corrected chi connectivity index (χ4v) is 1.74. The number of rotatable bonds is 8. The zero-order valence-electron chi connectivity index (χ0n) is 10.0. The van der Waals surface area contributed by atoms with Gasteiger partial charge in [0.25, 0.3) is 0 Å². The Kier molecular flexibility index (Phi) is 7.03. The van der Waals surface area contributed by atoms with E-state index in [1.807, 2.05) is 0 Å². The quantitative estimate of drug-likeness (QED) is 0.656. The lowest BCUT2D eigenvalue weighted by atomic mass is 10.4. The Labute approximate surface area is 100 Å². The predicted octanol–water partition coefficient (Wildman–Crippen LogP) is 0.505. The fraction of sp³-hybridized carbons (Fsp3) is 1.00. The Balaban J connectivity index is 3.71. The molecule has 0 atom stereocenters. The van der Waals surface area contributed by atoms with Crippen LogP contribution >= 0.6 is 0 Å². The molecule has 0 unspecified atom stereocenters. The molecular weight excluding hydrogens is 257 g/mol. The molecule has 8 heteroatoms. The van der Waals surface area contributed by atoms with E-state index in [-0.39, 0.29) is 18.8 Å². The molecule has 0 bridgehead atoms. The van der Waals surface area contributed by atoms with Crippen molar-refractivity contribution in [3.63, 3.8) is 0 Å². The van der Waals surface area contributed by atoms with Gasteiger partial charge in [-0.2, -0.15) is 13.2 Å². The lowest BCUT2D eigenvalue weighted by Gasteiger charge is -2.21. The van der Waals surface area contributed by atoms with Gasteiger partial charge in [-0.3, -0.25) is 4.90 Å². The topological polar surface area (TPSA) is 49.4 Å². The minimum absolute atomic E-state index is 0.00159. The zero-order chi connectivity index (χ0) is 13.5. The number of hydrogen-bond acceptors (Lipinski definition) is 4. The summed E-state index contributed by atoms with van der Waals surface area (Å²) >= 11 is 0. The number of likely N-dealkylation sites (N-methyl/N-ethyl adjacent to an activating group) is 1. The van der Waals surface area contributed by atoms with E-state index in [0.717, 1.165) is 6.26 Å². The first kappa shape index (κ1) is 16.7. The molecule has 0 saturated heterocycles. The SMILES string of the molecule is CCN(CCNCCS(C)(=O)=O)CC(F)(F)F. The third-order valence-corrected chi connectivity index (χ3v) is 3.05. The summed E-state index contributed by atoms with van der Waals surface area (Å²) in [7, 11) is -3.02. The standard InChI is InChI=1S/C9H19F3N2O2S/c1-3-14(8-9(10,11)12)6-4-13-5-7-17(2,15)16/h13H,3-8H2,1-2H3. The Bertz CT molecular complexity index is 304. The molecule has 0 rings (SSSR count). The van der Waals surface area contributed by atoms with Crippen molar-refractivity contribution in [3.8, 4) is 0 Å². The molecule has 0 fully saturated rings. The first-order chi connectivity index (χ1) is 7.64. The van der Waals surface area contributed by atoms with Gasteiger partial charge in [0, 0.05) is 25.9 Å². The van der Waals surface area contributed by atoms with Crippen LogP contribution in [0.3, 0.4) is 0 Å². The van der Waals surface area contributed by atoms with Crippen LogP contribution in [0, 0.1) is 0 Å². The highest BCUT2D eigenvalue weighted by Gasteiger charge is 2.29. The summed E-state index contributed by atoms with van der Waals surface area (Å²) in [4.78, 5) is 1.26. The molecule has 4 nitrogen and oxygen atoms in total. The summed E-state index contributed by atoms with van der Waals surface area (Å²) < 4.78 is 57.8. The predicted molar refractivity (Wildman–Crippen MR) is 60.7 cm³/mol. The van der Waals surface area contributed by atoms with Crippen molar-refractivity contribution >= 4 is 9.84 Å². The lowest BCUT2D eigenvalue weighted by molar-refractivity contribution is -0.145. The average Bonchev–Trinajstić information content (AvgIpc) is 2.11. The Morgan fingerprint density at radius 1 is 1.24 bits per heavy atom. The molecular formula is C9H19F3N2O2S. The molecule has 0 spiro atoms. The summed E-state index contributed by atoms with van der Waals surface area (Å²) in [6.07, 6.45) is -3.07. The maximum absolute atomic E-state index is 12.1. The number of nitrogens with zero attached hydrogens (tertiary/aromatic N) is 1. The van der Waals surface area contributed by atoms with Crippen LogP contribution in [0.2, 0.25) is 0 Å². The number of halogens is 3. The average molecular weight is 276 g/mol. The van der Waals surface area contributed by atoms with E-state index < -0.39 is 22.6 Å². The highest BCUT2D eigenvalue weighted by atomic mass is 32.2.